The minimum atomic E-state index is -1.07. The minimum Gasteiger partial charge on any atom is -0.481 e. The Bertz CT molecular complexity index is 577. The molecule has 1 aliphatic rings. The van der Waals surface area contributed by atoms with E-state index in [4.69, 9.17) is 26.2 Å². The van der Waals surface area contributed by atoms with Gasteiger partial charge in [0.2, 0.25) is 0 Å². The van der Waals surface area contributed by atoms with Gasteiger partial charge in [0.1, 0.15) is 5.75 Å². The molecule has 7 heteroatoms. The Balaban J connectivity index is 2.01. The van der Waals surface area contributed by atoms with Crippen molar-refractivity contribution in [2.75, 3.05) is 19.7 Å². The molecule has 6 nitrogen and oxygen atoms in total. The molecular weight excluding hydrogens is 310 g/mol. The summed E-state index contributed by atoms with van der Waals surface area (Å²) in [5, 5.41) is 9.57. The number of aliphatic carboxylic acids is 1. The number of rotatable bonds is 4. The fourth-order valence-electron chi connectivity index (χ4n) is 2.24. The monoisotopic (exact) mass is 327 g/mol. The molecule has 1 aromatic carbocycles. The fraction of sp³-hybridized carbons (Fsp3) is 0.467. The van der Waals surface area contributed by atoms with E-state index >= 15 is 0 Å². The minimum absolute atomic E-state index is 0.0292. The first-order valence-electron chi connectivity index (χ1n) is 6.94. The molecule has 1 fully saturated rings. The van der Waals surface area contributed by atoms with E-state index in [0.717, 1.165) is 5.56 Å². The van der Waals surface area contributed by atoms with E-state index in [0.29, 0.717) is 17.3 Å². The summed E-state index contributed by atoms with van der Waals surface area (Å²) in [5.41, 5.74) is 0.831. The maximum Gasteiger partial charge on any atom is 0.334 e. The third-order valence-corrected chi connectivity index (χ3v) is 3.68. The van der Waals surface area contributed by atoms with Gasteiger partial charge in [0.15, 0.2) is 12.2 Å². The van der Waals surface area contributed by atoms with Crippen molar-refractivity contribution in [1.29, 1.82) is 0 Å². The van der Waals surface area contributed by atoms with E-state index in [2.05, 4.69) is 0 Å². The topological polar surface area (TPSA) is 76.1 Å². The van der Waals surface area contributed by atoms with Crippen LogP contribution in [-0.4, -0.2) is 53.8 Å². The average molecular weight is 328 g/mol. The maximum absolute atomic E-state index is 12.4. The number of amides is 1. The summed E-state index contributed by atoms with van der Waals surface area (Å²) >= 11 is 5.88. The Morgan fingerprint density at radius 3 is 2.86 bits per heavy atom. The fourth-order valence-corrected chi connectivity index (χ4v) is 2.47. The van der Waals surface area contributed by atoms with E-state index in [1.165, 1.54) is 4.90 Å². The van der Waals surface area contributed by atoms with E-state index in [9.17, 15) is 9.59 Å². The number of carbonyl (C=O) groups excluding carboxylic acids is 1. The molecule has 120 valence electrons. The van der Waals surface area contributed by atoms with Gasteiger partial charge in [-0.25, -0.2) is 4.79 Å². The molecule has 1 heterocycles. The third-order valence-electron chi connectivity index (χ3n) is 3.44. The lowest BCUT2D eigenvalue weighted by atomic mass is 10.2. The summed E-state index contributed by atoms with van der Waals surface area (Å²) in [6, 6.07) is 5.15. The van der Waals surface area contributed by atoms with Crippen LogP contribution < -0.4 is 4.74 Å². The van der Waals surface area contributed by atoms with Gasteiger partial charge in [0, 0.05) is 11.6 Å². The molecule has 0 aromatic heterocycles. The molecule has 2 atom stereocenters. The molecule has 1 N–H and O–H groups in total. The second-order valence-corrected chi connectivity index (χ2v) is 5.59. The number of hydrogen-bond acceptors (Lipinski definition) is 4. The second kappa shape index (κ2) is 6.98. The number of carboxylic acid groups (broad SMARTS) is 1. The van der Waals surface area contributed by atoms with Crippen molar-refractivity contribution < 1.29 is 24.2 Å². The Labute approximate surface area is 133 Å². The number of morpholine rings is 1. The number of halogens is 1. The van der Waals surface area contributed by atoms with Crippen LogP contribution in [0.25, 0.3) is 0 Å². The summed E-state index contributed by atoms with van der Waals surface area (Å²) in [4.78, 5) is 24.8. The molecule has 22 heavy (non-hydrogen) atoms. The van der Waals surface area contributed by atoms with E-state index in [1.807, 2.05) is 6.92 Å². The van der Waals surface area contributed by atoms with Gasteiger partial charge in [-0.1, -0.05) is 11.6 Å². The van der Waals surface area contributed by atoms with Crippen molar-refractivity contribution in [1.82, 2.24) is 4.90 Å². The van der Waals surface area contributed by atoms with E-state index in [-0.39, 0.29) is 19.1 Å². The molecule has 0 bridgehead atoms. The lowest BCUT2D eigenvalue weighted by Crippen LogP contribution is -2.51. The number of carbonyl (C=O) groups is 2. The van der Waals surface area contributed by atoms with Crippen LogP contribution in [0.1, 0.15) is 12.5 Å². The molecular formula is C15H18ClNO5. The summed E-state index contributed by atoms with van der Waals surface area (Å²) in [5.74, 6) is -0.753. The van der Waals surface area contributed by atoms with Gasteiger partial charge >= 0.3 is 5.97 Å². The molecule has 0 radical (unpaired) electrons. The standard InChI is InChI=1S/C15H18ClNO5/c1-9-7-11(16)3-4-12(9)22-10(2)14(18)17-5-6-21-13(8-17)15(19)20/h3-4,7,10,13H,5-6,8H2,1-2H3,(H,19,20)/t10-,13+/m0/s1. The Kier molecular flexibility index (Phi) is 5.26. The predicted molar refractivity (Wildman–Crippen MR) is 80.2 cm³/mol. The third kappa shape index (κ3) is 3.90. The predicted octanol–water partition coefficient (Wildman–Crippen LogP) is 1.73. The normalized spacial score (nSPS) is 19.6. The van der Waals surface area contributed by atoms with Crippen LogP contribution in [0.4, 0.5) is 0 Å². The highest BCUT2D eigenvalue weighted by Crippen LogP contribution is 2.23. The van der Waals surface area contributed by atoms with Gasteiger partial charge < -0.3 is 19.5 Å². The first-order valence-corrected chi connectivity index (χ1v) is 7.32. The number of nitrogens with zero attached hydrogens (tertiary/aromatic N) is 1. The van der Waals surface area contributed by atoms with Gasteiger partial charge in [-0.2, -0.15) is 0 Å². The molecule has 1 aromatic rings. The van der Waals surface area contributed by atoms with Gasteiger partial charge in [-0.05, 0) is 37.6 Å². The zero-order valence-corrected chi connectivity index (χ0v) is 13.2. The molecule has 0 spiro atoms. The Morgan fingerprint density at radius 2 is 2.23 bits per heavy atom. The highest BCUT2D eigenvalue weighted by Gasteiger charge is 2.31. The zero-order valence-electron chi connectivity index (χ0n) is 12.4. The molecule has 0 aliphatic carbocycles. The molecule has 1 saturated heterocycles. The molecule has 0 saturated carbocycles. The second-order valence-electron chi connectivity index (χ2n) is 5.15. The number of benzene rings is 1. The molecule has 1 aliphatic heterocycles. The van der Waals surface area contributed by atoms with Crippen LogP contribution in [0.3, 0.4) is 0 Å². The van der Waals surface area contributed by atoms with E-state index in [1.54, 1.807) is 25.1 Å². The number of hydrogen-bond donors (Lipinski definition) is 1. The highest BCUT2D eigenvalue weighted by atomic mass is 35.5. The average Bonchev–Trinajstić information content (AvgIpc) is 2.49. The first kappa shape index (κ1) is 16.6. The van der Waals surface area contributed by atoms with Crippen LogP contribution in [0.15, 0.2) is 18.2 Å². The molecule has 1 amide bonds. The summed E-state index contributed by atoms with van der Waals surface area (Å²) in [6.07, 6.45) is -1.70. The van der Waals surface area contributed by atoms with Crippen molar-refractivity contribution in [3.8, 4) is 5.75 Å². The molecule has 0 unspecified atom stereocenters. The summed E-state index contributed by atoms with van der Waals surface area (Å²) in [7, 11) is 0. The SMILES string of the molecule is Cc1cc(Cl)ccc1O[C@@H](C)C(=O)N1CCO[C@@H](C(=O)O)C1. The highest BCUT2D eigenvalue weighted by molar-refractivity contribution is 6.30. The van der Waals surface area contributed by atoms with Crippen molar-refractivity contribution in [2.24, 2.45) is 0 Å². The van der Waals surface area contributed by atoms with Gasteiger partial charge in [0.05, 0.1) is 13.2 Å². The number of carboxylic acids is 1. The first-order chi connectivity index (χ1) is 10.4. The van der Waals surface area contributed by atoms with Crippen LogP contribution in [0.2, 0.25) is 5.02 Å². The van der Waals surface area contributed by atoms with Crippen molar-refractivity contribution >= 4 is 23.5 Å². The maximum atomic E-state index is 12.4. The largest absolute Gasteiger partial charge is 0.481 e. The van der Waals surface area contributed by atoms with Crippen LogP contribution in [0, 0.1) is 6.92 Å². The Hall–Kier alpha value is -1.79. The Morgan fingerprint density at radius 1 is 1.50 bits per heavy atom. The van der Waals surface area contributed by atoms with Crippen LogP contribution >= 0.6 is 11.6 Å². The molecule has 2 rings (SSSR count). The summed E-state index contributed by atoms with van der Waals surface area (Å²) in [6.45, 7) is 4.07. The number of aryl methyl sites for hydroxylation is 1. The van der Waals surface area contributed by atoms with Crippen molar-refractivity contribution in [3.05, 3.63) is 28.8 Å². The van der Waals surface area contributed by atoms with Crippen molar-refractivity contribution in [3.63, 3.8) is 0 Å². The van der Waals surface area contributed by atoms with E-state index < -0.39 is 18.2 Å². The van der Waals surface area contributed by atoms with Crippen LogP contribution in [0.5, 0.6) is 5.75 Å². The number of ether oxygens (including phenoxy) is 2. The lowest BCUT2D eigenvalue weighted by Gasteiger charge is -2.32. The smallest absolute Gasteiger partial charge is 0.334 e. The zero-order chi connectivity index (χ0) is 16.3. The summed E-state index contributed by atoms with van der Waals surface area (Å²) < 4.78 is 10.8. The quantitative estimate of drug-likeness (QED) is 0.911. The van der Waals surface area contributed by atoms with Gasteiger partial charge in [0.25, 0.3) is 5.91 Å². The van der Waals surface area contributed by atoms with Gasteiger partial charge in [-0.3, -0.25) is 4.79 Å². The lowest BCUT2D eigenvalue weighted by molar-refractivity contribution is -0.161. The van der Waals surface area contributed by atoms with Gasteiger partial charge in [-0.15, -0.1) is 0 Å². The van der Waals surface area contributed by atoms with Crippen molar-refractivity contribution in [2.45, 2.75) is 26.1 Å². The van der Waals surface area contributed by atoms with Crippen LogP contribution in [-0.2, 0) is 14.3 Å².